The molecule has 4 nitrogen and oxygen atoms in total. The summed E-state index contributed by atoms with van der Waals surface area (Å²) in [7, 11) is 0. The highest BCUT2D eigenvalue weighted by Gasteiger charge is 2.31. The fraction of sp³-hybridized carbons (Fsp3) is 0.333. The van der Waals surface area contributed by atoms with E-state index in [4.69, 9.17) is 17.0 Å². The lowest BCUT2D eigenvalue weighted by Gasteiger charge is -2.30. The standard InChI is InChI=1S/C15H17FN2O2S/c1-8(2)20-14(19)12-9(3)17-15(21)18-13(12)10-5-4-6-11(16)7-10/h4-8,13H,1-3H3,(H2,17,18,21). The van der Waals surface area contributed by atoms with Crippen molar-refractivity contribution in [3.63, 3.8) is 0 Å². The third kappa shape index (κ3) is 3.58. The second kappa shape index (κ2) is 6.22. The average Bonchev–Trinajstić information content (AvgIpc) is 2.36. The number of carbonyl (C=O) groups is 1. The summed E-state index contributed by atoms with van der Waals surface area (Å²) in [6.07, 6.45) is -0.236. The molecule has 0 spiro atoms. The molecule has 0 radical (unpaired) electrons. The van der Waals surface area contributed by atoms with E-state index in [1.807, 2.05) is 0 Å². The van der Waals surface area contributed by atoms with Crippen molar-refractivity contribution in [3.05, 3.63) is 46.9 Å². The van der Waals surface area contributed by atoms with Gasteiger partial charge in [0.2, 0.25) is 0 Å². The maximum absolute atomic E-state index is 13.4. The molecule has 1 heterocycles. The lowest BCUT2D eigenvalue weighted by Crippen LogP contribution is -2.45. The number of ether oxygens (including phenoxy) is 1. The van der Waals surface area contributed by atoms with E-state index in [9.17, 15) is 9.18 Å². The Labute approximate surface area is 128 Å². The first-order valence-electron chi connectivity index (χ1n) is 6.63. The van der Waals surface area contributed by atoms with Crippen LogP contribution in [0.15, 0.2) is 35.5 Å². The Kier molecular flexibility index (Phi) is 4.57. The number of allylic oxidation sites excluding steroid dienone is 1. The van der Waals surface area contributed by atoms with Crippen LogP contribution < -0.4 is 10.6 Å². The van der Waals surface area contributed by atoms with Gasteiger partial charge in [-0.2, -0.15) is 0 Å². The number of hydrogen-bond donors (Lipinski definition) is 2. The van der Waals surface area contributed by atoms with Crippen LogP contribution in [0, 0.1) is 5.82 Å². The molecule has 2 rings (SSSR count). The minimum atomic E-state index is -0.527. The smallest absolute Gasteiger partial charge is 0.338 e. The van der Waals surface area contributed by atoms with Crippen molar-refractivity contribution in [2.24, 2.45) is 0 Å². The molecule has 1 aliphatic rings. The lowest BCUT2D eigenvalue weighted by atomic mass is 9.95. The molecule has 0 aliphatic carbocycles. The second-order valence-electron chi connectivity index (χ2n) is 5.08. The van der Waals surface area contributed by atoms with Crippen LogP contribution >= 0.6 is 12.2 Å². The molecule has 1 aliphatic heterocycles. The van der Waals surface area contributed by atoms with Gasteiger partial charge in [0.15, 0.2) is 5.11 Å². The minimum absolute atomic E-state index is 0.236. The van der Waals surface area contributed by atoms with Crippen LogP contribution in [-0.4, -0.2) is 17.2 Å². The molecule has 2 N–H and O–H groups in total. The summed E-state index contributed by atoms with van der Waals surface area (Å²) < 4.78 is 18.7. The predicted octanol–water partition coefficient (Wildman–Crippen LogP) is 2.57. The van der Waals surface area contributed by atoms with Crippen LogP contribution in [0.25, 0.3) is 0 Å². The van der Waals surface area contributed by atoms with Gasteiger partial charge in [-0.1, -0.05) is 12.1 Å². The summed E-state index contributed by atoms with van der Waals surface area (Å²) in [6.45, 7) is 5.30. The number of nitrogens with one attached hydrogen (secondary N) is 2. The van der Waals surface area contributed by atoms with Crippen molar-refractivity contribution in [2.75, 3.05) is 0 Å². The van der Waals surface area contributed by atoms with Gasteiger partial charge in [-0.05, 0) is 50.7 Å². The third-order valence-corrected chi connectivity index (χ3v) is 3.23. The topological polar surface area (TPSA) is 50.4 Å². The molecule has 0 saturated carbocycles. The molecule has 1 aromatic rings. The number of hydrogen-bond acceptors (Lipinski definition) is 3. The van der Waals surface area contributed by atoms with Gasteiger partial charge in [-0.15, -0.1) is 0 Å². The van der Waals surface area contributed by atoms with E-state index >= 15 is 0 Å². The van der Waals surface area contributed by atoms with Gasteiger partial charge in [0.05, 0.1) is 17.7 Å². The fourth-order valence-electron chi connectivity index (χ4n) is 2.18. The molecule has 0 amide bonds. The van der Waals surface area contributed by atoms with Gasteiger partial charge in [-0.3, -0.25) is 0 Å². The van der Waals surface area contributed by atoms with Crippen molar-refractivity contribution < 1.29 is 13.9 Å². The van der Waals surface area contributed by atoms with Crippen molar-refractivity contribution >= 4 is 23.3 Å². The summed E-state index contributed by atoms with van der Waals surface area (Å²) in [5.74, 6) is -0.813. The average molecular weight is 308 g/mol. The van der Waals surface area contributed by atoms with E-state index in [2.05, 4.69) is 10.6 Å². The molecule has 21 heavy (non-hydrogen) atoms. The Hall–Kier alpha value is -1.95. The SMILES string of the molecule is CC1=C(C(=O)OC(C)C)C(c2cccc(F)c2)NC(=S)N1. The summed E-state index contributed by atoms with van der Waals surface area (Å²) in [4.78, 5) is 12.3. The number of rotatable bonds is 3. The number of thiocarbonyl (C=S) groups is 1. The van der Waals surface area contributed by atoms with Gasteiger partial charge in [0.25, 0.3) is 0 Å². The molecular formula is C15H17FN2O2S. The Morgan fingerprint density at radius 1 is 1.43 bits per heavy atom. The number of halogens is 1. The quantitative estimate of drug-likeness (QED) is 0.664. The molecule has 112 valence electrons. The molecule has 0 aromatic heterocycles. The molecule has 0 fully saturated rings. The monoisotopic (exact) mass is 308 g/mol. The highest BCUT2D eigenvalue weighted by Crippen LogP contribution is 2.28. The molecule has 0 bridgehead atoms. The van der Waals surface area contributed by atoms with Gasteiger partial charge < -0.3 is 15.4 Å². The van der Waals surface area contributed by atoms with Crippen LogP contribution in [-0.2, 0) is 9.53 Å². The largest absolute Gasteiger partial charge is 0.459 e. The van der Waals surface area contributed by atoms with Crippen LogP contribution in [0.4, 0.5) is 4.39 Å². The maximum Gasteiger partial charge on any atom is 0.338 e. The Bertz CT molecular complexity index is 613. The van der Waals surface area contributed by atoms with Crippen molar-refractivity contribution in [1.82, 2.24) is 10.6 Å². The first kappa shape index (κ1) is 15.4. The molecule has 1 unspecified atom stereocenters. The van der Waals surface area contributed by atoms with Crippen LogP contribution in [0.1, 0.15) is 32.4 Å². The number of benzene rings is 1. The van der Waals surface area contributed by atoms with E-state index in [-0.39, 0.29) is 11.9 Å². The zero-order chi connectivity index (χ0) is 15.6. The zero-order valence-corrected chi connectivity index (χ0v) is 12.9. The van der Waals surface area contributed by atoms with E-state index in [1.165, 1.54) is 12.1 Å². The Balaban J connectivity index is 2.43. The van der Waals surface area contributed by atoms with E-state index in [0.29, 0.717) is 21.9 Å². The summed E-state index contributed by atoms with van der Waals surface area (Å²) in [5, 5.41) is 6.28. The molecular weight excluding hydrogens is 291 g/mol. The Morgan fingerprint density at radius 2 is 2.14 bits per heavy atom. The maximum atomic E-state index is 13.4. The fourth-order valence-corrected chi connectivity index (χ4v) is 2.45. The third-order valence-electron chi connectivity index (χ3n) is 3.01. The van der Waals surface area contributed by atoms with E-state index in [0.717, 1.165) is 0 Å². The van der Waals surface area contributed by atoms with Crippen LogP contribution in [0.2, 0.25) is 0 Å². The number of esters is 1. The normalized spacial score (nSPS) is 18.3. The molecule has 0 saturated heterocycles. The first-order valence-corrected chi connectivity index (χ1v) is 7.04. The predicted molar refractivity (Wildman–Crippen MR) is 81.9 cm³/mol. The molecule has 6 heteroatoms. The number of carbonyl (C=O) groups excluding carboxylic acids is 1. The van der Waals surface area contributed by atoms with Gasteiger partial charge >= 0.3 is 5.97 Å². The lowest BCUT2D eigenvalue weighted by molar-refractivity contribution is -0.143. The summed E-state index contributed by atoms with van der Waals surface area (Å²) in [5.41, 5.74) is 1.63. The second-order valence-corrected chi connectivity index (χ2v) is 5.49. The minimum Gasteiger partial charge on any atom is -0.459 e. The van der Waals surface area contributed by atoms with E-state index in [1.54, 1.807) is 32.9 Å². The summed E-state index contributed by atoms with van der Waals surface area (Å²) >= 11 is 5.12. The van der Waals surface area contributed by atoms with E-state index < -0.39 is 12.0 Å². The summed E-state index contributed by atoms with van der Waals surface area (Å²) in [6, 6.07) is 5.54. The van der Waals surface area contributed by atoms with Crippen LogP contribution in [0.3, 0.4) is 0 Å². The highest BCUT2D eigenvalue weighted by atomic mass is 32.1. The van der Waals surface area contributed by atoms with Gasteiger partial charge in [-0.25, -0.2) is 9.18 Å². The first-order chi connectivity index (χ1) is 9.88. The molecule has 1 aromatic carbocycles. The van der Waals surface area contributed by atoms with Gasteiger partial charge in [0, 0.05) is 5.70 Å². The van der Waals surface area contributed by atoms with Crippen molar-refractivity contribution in [3.8, 4) is 0 Å². The van der Waals surface area contributed by atoms with Gasteiger partial charge in [0.1, 0.15) is 5.82 Å². The highest BCUT2D eigenvalue weighted by molar-refractivity contribution is 7.80. The van der Waals surface area contributed by atoms with Crippen molar-refractivity contribution in [2.45, 2.75) is 32.9 Å². The van der Waals surface area contributed by atoms with Crippen molar-refractivity contribution in [1.29, 1.82) is 0 Å². The Morgan fingerprint density at radius 3 is 2.76 bits per heavy atom. The van der Waals surface area contributed by atoms with Crippen LogP contribution in [0.5, 0.6) is 0 Å². The zero-order valence-electron chi connectivity index (χ0n) is 12.1. The molecule has 1 atom stereocenters.